The lowest BCUT2D eigenvalue weighted by Gasteiger charge is -2.33. The van der Waals surface area contributed by atoms with Crippen LogP contribution in [0.1, 0.15) is 5.56 Å². The maximum absolute atomic E-state index is 11.9. The summed E-state index contributed by atoms with van der Waals surface area (Å²) in [5.74, 6) is 0.872. The summed E-state index contributed by atoms with van der Waals surface area (Å²) in [6.45, 7) is 4.76. The van der Waals surface area contributed by atoms with Crippen molar-refractivity contribution in [3.8, 4) is 5.75 Å². The van der Waals surface area contributed by atoms with Gasteiger partial charge in [-0.2, -0.15) is 0 Å². The highest BCUT2D eigenvalue weighted by Gasteiger charge is 2.21. The van der Waals surface area contributed by atoms with Gasteiger partial charge >= 0.3 is 5.63 Å². The highest BCUT2D eigenvalue weighted by Crippen LogP contribution is 2.22. The highest BCUT2D eigenvalue weighted by atomic mass is 35.5. The van der Waals surface area contributed by atoms with Crippen LogP contribution in [-0.4, -0.2) is 33.3 Å². The molecule has 0 saturated carbocycles. The molecule has 1 aromatic heterocycles. The lowest BCUT2D eigenvalue weighted by atomic mass is 10.1. The molecule has 0 radical (unpaired) electrons. The molecule has 1 N–H and O–H groups in total. The molecule has 1 fully saturated rings. The Labute approximate surface area is 162 Å². The zero-order chi connectivity index (χ0) is 18.8. The van der Waals surface area contributed by atoms with Crippen molar-refractivity contribution in [1.29, 1.82) is 0 Å². The molecular weight excluding hydrogens is 364 g/mol. The quantitative estimate of drug-likeness (QED) is 0.700. The second-order valence-corrected chi connectivity index (χ2v) is 7.28. The summed E-state index contributed by atoms with van der Waals surface area (Å²) < 4.78 is 10.5. The average Bonchev–Trinajstić information content (AvgIpc) is 2.69. The molecule has 0 unspecified atom stereocenters. The third-order valence-corrected chi connectivity index (χ3v) is 5.37. The van der Waals surface area contributed by atoms with Crippen molar-refractivity contribution in [3.63, 3.8) is 0 Å². The van der Waals surface area contributed by atoms with E-state index in [0.717, 1.165) is 49.4 Å². The van der Waals surface area contributed by atoms with E-state index in [1.54, 1.807) is 25.3 Å². The molecule has 0 spiro atoms. The van der Waals surface area contributed by atoms with Gasteiger partial charge in [-0.05, 0) is 42.5 Å². The maximum atomic E-state index is 11.9. The van der Waals surface area contributed by atoms with Crippen LogP contribution in [0.25, 0.3) is 11.0 Å². The Balaban J connectivity index is 1.47. The minimum absolute atomic E-state index is 0.309. The summed E-state index contributed by atoms with van der Waals surface area (Å²) in [5.41, 5.74) is 2.50. The third-order valence-electron chi connectivity index (χ3n) is 5.14. The van der Waals surface area contributed by atoms with Gasteiger partial charge in [0.25, 0.3) is 0 Å². The number of rotatable bonds is 4. The number of ether oxygens (including phenoxy) is 1. The van der Waals surface area contributed by atoms with Crippen LogP contribution in [0.2, 0.25) is 5.02 Å². The highest BCUT2D eigenvalue weighted by molar-refractivity contribution is 6.31. The van der Waals surface area contributed by atoms with E-state index in [9.17, 15) is 4.79 Å². The number of piperazine rings is 1. The van der Waals surface area contributed by atoms with Crippen molar-refractivity contribution in [2.24, 2.45) is 0 Å². The summed E-state index contributed by atoms with van der Waals surface area (Å²) in [6.07, 6.45) is 0. The molecule has 6 heteroatoms. The van der Waals surface area contributed by atoms with Gasteiger partial charge in [-0.15, -0.1) is 0 Å². The van der Waals surface area contributed by atoms with Crippen molar-refractivity contribution in [2.45, 2.75) is 6.54 Å². The van der Waals surface area contributed by atoms with Crippen molar-refractivity contribution < 1.29 is 14.1 Å². The number of fused-ring (bicyclic) bond motifs is 1. The zero-order valence-corrected chi connectivity index (χ0v) is 16.0. The number of hydrogen-bond acceptors (Lipinski definition) is 4. The minimum Gasteiger partial charge on any atom is -0.497 e. The minimum atomic E-state index is -0.309. The molecule has 140 valence electrons. The summed E-state index contributed by atoms with van der Waals surface area (Å²) in [5, 5.41) is 1.57. The van der Waals surface area contributed by atoms with Crippen LogP contribution in [0.4, 0.5) is 5.69 Å². The van der Waals surface area contributed by atoms with Gasteiger partial charge in [0.2, 0.25) is 0 Å². The second-order valence-electron chi connectivity index (χ2n) is 6.84. The van der Waals surface area contributed by atoms with Gasteiger partial charge in [0.15, 0.2) is 0 Å². The smallest absolute Gasteiger partial charge is 0.336 e. The number of halogens is 1. The lowest BCUT2D eigenvalue weighted by molar-refractivity contribution is -0.914. The molecule has 5 nitrogen and oxygen atoms in total. The first-order chi connectivity index (χ1) is 13.1. The first-order valence-electron chi connectivity index (χ1n) is 9.07. The Morgan fingerprint density at radius 3 is 2.56 bits per heavy atom. The maximum Gasteiger partial charge on any atom is 0.336 e. The Kier molecular flexibility index (Phi) is 5.05. The Morgan fingerprint density at radius 2 is 1.85 bits per heavy atom. The third kappa shape index (κ3) is 3.94. The van der Waals surface area contributed by atoms with Crippen LogP contribution in [0.5, 0.6) is 5.75 Å². The van der Waals surface area contributed by atoms with Crippen molar-refractivity contribution in [1.82, 2.24) is 0 Å². The number of methoxy groups -OCH3 is 1. The van der Waals surface area contributed by atoms with Crippen LogP contribution in [0, 0.1) is 0 Å². The van der Waals surface area contributed by atoms with E-state index in [0.29, 0.717) is 10.6 Å². The normalized spacial score (nSPS) is 15.3. The second kappa shape index (κ2) is 7.62. The molecule has 2 heterocycles. The van der Waals surface area contributed by atoms with Crippen molar-refractivity contribution in [3.05, 3.63) is 69.5 Å². The Hall–Kier alpha value is -2.50. The SMILES string of the molecule is COc1ccc(N2CC[NH+](Cc3cc(=O)oc4ccc(Cl)cc34)CC2)cc1. The number of hydrogen-bond donors (Lipinski definition) is 1. The molecule has 1 aliphatic heterocycles. The van der Waals surface area contributed by atoms with E-state index < -0.39 is 0 Å². The number of nitrogens with zero attached hydrogens (tertiary/aromatic N) is 1. The molecule has 1 aliphatic rings. The number of benzene rings is 2. The predicted molar refractivity (Wildman–Crippen MR) is 107 cm³/mol. The fraction of sp³-hybridized carbons (Fsp3) is 0.286. The summed E-state index contributed by atoms with van der Waals surface area (Å²) in [4.78, 5) is 15.7. The van der Waals surface area contributed by atoms with Crippen LogP contribution < -0.4 is 20.2 Å². The van der Waals surface area contributed by atoms with Gasteiger partial charge in [0.05, 0.1) is 33.3 Å². The first kappa shape index (κ1) is 17.9. The zero-order valence-electron chi connectivity index (χ0n) is 15.2. The largest absolute Gasteiger partial charge is 0.497 e. The topological polar surface area (TPSA) is 47.1 Å². The van der Waals surface area contributed by atoms with Crippen LogP contribution >= 0.6 is 11.6 Å². The predicted octanol–water partition coefficient (Wildman–Crippen LogP) is 2.36. The van der Waals surface area contributed by atoms with E-state index in [1.165, 1.54) is 10.6 Å². The van der Waals surface area contributed by atoms with Crippen LogP contribution in [0.15, 0.2) is 57.7 Å². The van der Waals surface area contributed by atoms with Crippen LogP contribution in [0.3, 0.4) is 0 Å². The van der Waals surface area contributed by atoms with E-state index in [2.05, 4.69) is 17.0 Å². The molecular formula is C21H22ClN2O3+. The fourth-order valence-electron chi connectivity index (χ4n) is 3.67. The Morgan fingerprint density at radius 1 is 1.11 bits per heavy atom. The molecule has 2 aromatic carbocycles. The molecule has 4 rings (SSSR count). The molecule has 1 saturated heterocycles. The molecule has 0 bridgehead atoms. The van der Waals surface area contributed by atoms with Gasteiger partial charge in [-0.3, -0.25) is 0 Å². The van der Waals surface area contributed by atoms with Crippen LogP contribution in [-0.2, 0) is 6.54 Å². The summed E-state index contributed by atoms with van der Waals surface area (Å²) >= 11 is 6.14. The first-order valence-corrected chi connectivity index (χ1v) is 9.45. The van der Waals surface area contributed by atoms with Gasteiger partial charge in [0.1, 0.15) is 17.9 Å². The molecule has 0 aliphatic carbocycles. The van der Waals surface area contributed by atoms with Gasteiger partial charge in [-0.25, -0.2) is 4.79 Å². The van der Waals surface area contributed by atoms with Crippen molar-refractivity contribution >= 4 is 28.3 Å². The molecule has 3 aromatic rings. The molecule has 0 amide bonds. The van der Waals surface area contributed by atoms with E-state index in [1.807, 2.05) is 18.2 Å². The molecule has 27 heavy (non-hydrogen) atoms. The lowest BCUT2D eigenvalue weighted by Crippen LogP contribution is -3.13. The van der Waals surface area contributed by atoms with Gasteiger partial charge in [0, 0.05) is 27.7 Å². The standard InChI is InChI=1S/C21H21ClN2O3/c1-26-18-5-3-17(4-6-18)24-10-8-23(9-11-24)14-15-12-21(25)27-20-7-2-16(22)13-19(15)20/h2-7,12-13H,8-11,14H2,1H3/p+1. The summed E-state index contributed by atoms with van der Waals surface area (Å²) in [7, 11) is 1.68. The van der Waals surface area contributed by atoms with Crippen molar-refractivity contribution in [2.75, 3.05) is 38.2 Å². The fourth-order valence-corrected chi connectivity index (χ4v) is 3.84. The van der Waals surface area contributed by atoms with E-state index in [4.69, 9.17) is 20.8 Å². The average molecular weight is 386 g/mol. The number of anilines is 1. The number of quaternary nitrogens is 1. The van der Waals surface area contributed by atoms with Gasteiger partial charge in [-0.1, -0.05) is 11.6 Å². The molecule has 0 atom stereocenters. The number of nitrogens with one attached hydrogen (secondary N) is 1. The monoisotopic (exact) mass is 385 g/mol. The van der Waals surface area contributed by atoms with Gasteiger partial charge < -0.3 is 19.0 Å². The Bertz CT molecular complexity index is 992. The van der Waals surface area contributed by atoms with E-state index >= 15 is 0 Å². The van der Waals surface area contributed by atoms with E-state index in [-0.39, 0.29) is 5.63 Å². The summed E-state index contributed by atoms with van der Waals surface area (Å²) in [6, 6.07) is 15.2.